The van der Waals surface area contributed by atoms with Crippen molar-refractivity contribution in [1.29, 1.82) is 0 Å². The second kappa shape index (κ2) is 5.86. The largest absolute Gasteiger partial charge is 0.306 e. The lowest BCUT2D eigenvalue weighted by atomic mass is 10.2. The van der Waals surface area contributed by atoms with Gasteiger partial charge < -0.3 is 5.32 Å². The minimum absolute atomic E-state index is 0.267. The van der Waals surface area contributed by atoms with E-state index in [-0.39, 0.29) is 5.91 Å². The van der Waals surface area contributed by atoms with Crippen LogP contribution in [-0.2, 0) is 0 Å². The summed E-state index contributed by atoms with van der Waals surface area (Å²) >= 11 is 13.8. The van der Waals surface area contributed by atoms with E-state index in [0.717, 1.165) is 3.57 Å². The van der Waals surface area contributed by atoms with E-state index >= 15 is 0 Å². The average Bonchev–Trinajstić information content (AvgIpc) is 2.32. The Labute approximate surface area is 128 Å². The molecule has 1 aromatic carbocycles. The van der Waals surface area contributed by atoms with Gasteiger partial charge >= 0.3 is 0 Å². The molecule has 3 nitrogen and oxygen atoms in total. The highest BCUT2D eigenvalue weighted by Crippen LogP contribution is 2.19. The van der Waals surface area contributed by atoms with Crippen molar-refractivity contribution in [2.24, 2.45) is 0 Å². The highest BCUT2D eigenvalue weighted by Gasteiger charge is 2.11. The zero-order valence-corrected chi connectivity index (χ0v) is 12.6. The van der Waals surface area contributed by atoms with Crippen LogP contribution in [0.3, 0.4) is 0 Å². The SMILES string of the molecule is O=C(Nc1cc(Cl)ccn1)c1cc(Cl)ccc1I. The Balaban J connectivity index is 2.24. The van der Waals surface area contributed by atoms with E-state index in [2.05, 4.69) is 32.9 Å². The van der Waals surface area contributed by atoms with Crippen LogP contribution in [0.15, 0.2) is 36.5 Å². The van der Waals surface area contributed by atoms with Crippen LogP contribution < -0.4 is 5.32 Å². The molecule has 0 aliphatic carbocycles. The normalized spacial score (nSPS) is 10.2. The van der Waals surface area contributed by atoms with Crippen molar-refractivity contribution >= 4 is 57.5 Å². The summed E-state index contributed by atoms with van der Waals surface area (Å²) in [6.45, 7) is 0. The Morgan fingerprint density at radius 2 is 1.89 bits per heavy atom. The molecule has 0 unspecified atom stereocenters. The first kappa shape index (κ1) is 13.6. The number of benzene rings is 1. The molecule has 92 valence electrons. The van der Waals surface area contributed by atoms with Gasteiger partial charge in [-0.05, 0) is 52.9 Å². The Morgan fingerprint density at radius 3 is 2.61 bits per heavy atom. The summed E-state index contributed by atoms with van der Waals surface area (Å²) in [6, 6.07) is 8.35. The standard InChI is InChI=1S/C12H7Cl2IN2O/c13-7-1-2-10(15)9(5-7)12(18)17-11-6-8(14)3-4-16-11/h1-6H,(H,16,17,18). The summed E-state index contributed by atoms with van der Waals surface area (Å²) in [5.41, 5.74) is 0.505. The summed E-state index contributed by atoms with van der Waals surface area (Å²) in [4.78, 5) is 16.0. The molecule has 1 heterocycles. The maximum absolute atomic E-state index is 12.0. The highest BCUT2D eigenvalue weighted by atomic mass is 127. The van der Waals surface area contributed by atoms with Crippen molar-refractivity contribution in [2.75, 3.05) is 5.32 Å². The average molecular weight is 393 g/mol. The molecule has 1 N–H and O–H groups in total. The molecule has 18 heavy (non-hydrogen) atoms. The van der Waals surface area contributed by atoms with Gasteiger partial charge in [0.15, 0.2) is 0 Å². The third-order valence-corrected chi connectivity index (χ3v) is 3.55. The number of halogens is 3. The van der Waals surface area contributed by atoms with Crippen molar-refractivity contribution in [3.8, 4) is 0 Å². The molecule has 0 saturated heterocycles. The number of anilines is 1. The zero-order chi connectivity index (χ0) is 13.1. The predicted octanol–water partition coefficient (Wildman–Crippen LogP) is 4.25. The summed E-state index contributed by atoms with van der Waals surface area (Å²) < 4.78 is 0.816. The van der Waals surface area contributed by atoms with Gasteiger partial charge in [-0.15, -0.1) is 0 Å². The van der Waals surface area contributed by atoms with E-state index in [4.69, 9.17) is 23.2 Å². The number of nitrogens with one attached hydrogen (secondary N) is 1. The zero-order valence-electron chi connectivity index (χ0n) is 8.95. The van der Waals surface area contributed by atoms with E-state index < -0.39 is 0 Å². The second-order valence-electron chi connectivity index (χ2n) is 3.44. The molecule has 0 atom stereocenters. The topological polar surface area (TPSA) is 42.0 Å². The fraction of sp³-hybridized carbons (Fsp3) is 0. The first-order valence-corrected chi connectivity index (χ1v) is 6.77. The lowest BCUT2D eigenvalue weighted by molar-refractivity contribution is 0.102. The molecule has 0 spiro atoms. The number of aromatic nitrogens is 1. The van der Waals surface area contributed by atoms with Gasteiger partial charge in [-0.25, -0.2) is 4.98 Å². The first-order valence-electron chi connectivity index (χ1n) is 4.94. The molecule has 0 bridgehead atoms. The lowest BCUT2D eigenvalue weighted by Gasteiger charge is -2.06. The number of hydrogen-bond donors (Lipinski definition) is 1. The Hall–Kier alpha value is -0.850. The number of nitrogens with zero attached hydrogens (tertiary/aromatic N) is 1. The van der Waals surface area contributed by atoms with Gasteiger partial charge in [-0.1, -0.05) is 23.2 Å². The molecule has 0 aliphatic rings. The van der Waals surface area contributed by atoms with Crippen LogP contribution in [0.5, 0.6) is 0 Å². The van der Waals surface area contributed by atoms with Crippen LogP contribution in [-0.4, -0.2) is 10.9 Å². The number of hydrogen-bond acceptors (Lipinski definition) is 2. The minimum atomic E-state index is -0.267. The van der Waals surface area contributed by atoms with Gasteiger partial charge in [-0.2, -0.15) is 0 Å². The predicted molar refractivity (Wildman–Crippen MR) is 81.4 cm³/mol. The Bertz CT molecular complexity index is 604. The van der Waals surface area contributed by atoms with Crippen LogP contribution in [0.25, 0.3) is 0 Å². The van der Waals surface area contributed by atoms with Gasteiger partial charge in [0.05, 0.1) is 5.56 Å². The van der Waals surface area contributed by atoms with Crippen LogP contribution >= 0.6 is 45.8 Å². The molecular formula is C12H7Cl2IN2O. The lowest BCUT2D eigenvalue weighted by Crippen LogP contribution is -2.14. The fourth-order valence-corrected chi connectivity index (χ4v) is 2.24. The quantitative estimate of drug-likeness (QED) is 0.776. The van der Waals surface area contributed by atoms with E-state index in [0.29, 0.717) is 21.4 Å². The van der Waals surface area contributed by atoms with Crippen LogP contribution in [0.4, 0.5) is 5.82 Å². The summed E-state index contributed by atoms with van der Waals surface area (Å²) in [5, 5.41) is 3.70. The van der Waals surface area contributed by atoms with E-state index in [1.807, 2.05) is 0 Å². The number of rotatable bonds is 2. The van der Waals surface area contributed by atoms with Crippen molar-refractivity contribution < 1.29 is 4.79 Å². The maximum Gasteiger partial charge on any atom is 0.257 e. The van der Waals surface area contributed by atoms with Crippen molar-refractivity contribution in [2.45, 2.75) is 0 Å². The van der Waals surface area contributed by atoms with E-state index in [9.17, 15) is 4.79 Å². The second-order valence-corrected chi connectivity index (χ2v) is 5.47. The van der Waals surface area contributed by atoms with Crippen molar-refractivity contribution in [1.82, 2.24) is 4.98 Å². The van der Waals surface area contributed by atoms with Gasteiger partial charge in [0, 0.05) is 19.8 Å². The Morgan fingerprint density at radius 1 is 1.17 bits per heavy atom. The molecule has 1 aromatic heterocycles. The molecular weight excluding hydrogens is 386 g/mol. The highest BCUT2D eigenvalue weighted by molar-refractivity contribution is 14.1. The van der Waals surface area contributed by atoms with E-state index in [1.54, 1.807) is 30.3 Å². The Kier molecular flexibility index (Phi) is 4.42. The van der Waals surface area contributed by atoms with E-state index in [1.165, 1.54) is 6.20 Å². The van der Waals surface area contributed by atoms with Gasteiger partial charge in [0.2, 0.25) is 0 Å². The van der Waals surface area contributed by atoms with Gasteiger partial charge in [0.25, 0.3) is 5.91 Å². The molecule has 2 rings (SSSR count). The number of carbonyl (C=O) groups excluding carboxylic acids is 1. The third kappa shape index (κ3) is 3.34. The first-order chi connectivity index (χ1) is 8.56. The van der Waals surface area contributed by atoms with Gasteiger partial charge in [0.1, 0.15) is 5.82 Å². The number of carbonyl (C=O) groups is 1. The molecule has 2 aromatic rings. The fourth-order valence-electron chi connectivity index (χ4n) is 1.33. The smallest absolute Gasteiger partial charge is 0.257 e. The molecule has 6 heteroatoms. The monoisotopic (exact) mass is 392 g/mol. The molecule has 0 fully saturated rings. The molecule has 0 radical (unpaired) electrons. The van der Waals surface area contributed by atoms with Crippen molar-refractivity contribution in [3.05, 3.63) is 55.7 Å². The van der Waals surface area contributed by atoms with Crippen LogP contribution in [0, 0.1) is 3.57 Å². The summed E-state index contributed by atoms with van der Waals surface area (Å²) in [7, 11) is 0. The number of pyridine rings is 1. The van der Waals surface area contributed by atoms with Crippen molar-refractivity contribution in [3.63, 3.8) is 0 Å². The third-order valence-electron chi connectivity index (χ3n) is 2.14. The molecule has 1 amide bonds. The number of amides is 1. The summed E-state index contributed by atoms with van der Waals surface area (Å²) in [5.74, 6) is 0.139. The molecule has 0 saturated carbocycles. The summed E-state index contributed by atoms with van der Waals surface area (Å²) in [6.07, 6.45) is 1.53. The van der Waals surface area contributed by atoms with Crippen LogP contribution in [0.2, 0.25) is 10.0 Å². The van der Waals surface area contributed by atoms with Gasteiger partial charge in [-0.3, -0.25) is 4.79 Å². The minimum Gasteiger partial charge on any atom is -0.306 e. The van der Waals surface area contributed by atoms with Crippen LogP contribution in [0.1, 0.15) is 10.4 Å². The molecule has 0 aliphatic heterocycles. The maximum atomic E-state index is 12.0.